The summed E-state index contributed by atoms with van der Waals surface area (Å²) >= 11 is 0. The van der Waals surface area contributed by atoms with Crippen LogP contribution in [0, 0.1) is 19.3 Å². The van der Waals surface area contributed by atoms with E-state index in [0.29, 0.717) is 0 Å². The van der Waals surface area contributed by atoms with Gasteiger partial charge in [0.2, 0.25) is 5.91 Å². The third-order valence-corrected chi connectivity index (χ3v) is 3.37. The Kier molecular flexibility index (Phi) is 4.93. The molecule has 0 spiro atoms. The molecule has 0 aliphatic heterocycles. The Morgan fingerprint density at radius 2 is 1.90 bits per heavy atom. The molecule has 0 aliphatic rings. The van der Waals surface area contributed by atoms with Crippen LogP contribution in [0.25, 0.3) is 6.08 Å². The summed E-state index contributed by atoms with van der Waals surface area (Å²) in [6.45, 7) is 9.08. The summed E-state index contributed by atoms with van der Waals surface area (Å²) in [6, 6.07) is -0.939. The van der Waals surface area contributed by atoms with Crippen molar-refractivity contribution in [2.24, 2.45) is 12.5 Å². The third kappa shape index (κ3) is 4.18. The lowest BCUT2D eigenvalue weighted by Crippen LogP contribution is -2.48. The molecule has 0 fully saturated rings. The second kappa shape index (κ2) is 6.11. The molecule has 0 saturated heterocycles. The second-order valence-electron chi connectivity index (χ2n) is 6.19. The van der Waals surface area contributed by atoms with Crippen molar-refractivity contribution in [3.8, 4) is 0 Å². The normalized spacial score (nSPS) is 13.4. The number of aromatic nitrogens is 2. The number of aryl methyl sites for hydroxylation is 2. The minimum absolute atomic E-state index is 0.431. The Bertz CT molecular complexity index is 580. The summed E-state index contributed by atoms with van der Waals surface area (Å²) in [5.74, 6) is -1.47. The van der Waals surface area contributed by atoms with Crippen molar-refractivity contribution in [2.75, 3.05) is 0 Å². The highest BCUT2D eigenvalue weighted by Crippen LogP contribution is 2.19. The molecule has 0 aromatic carbocycles. The Balaban J connectivity index is 2.86. The number of carbonyl (C=O) groups excluding carboxylic acids is 1. The van der Waals surface area contributed by atoms with Gasteiger partial charge in [-0.1, -0.05) is 20.8 Å². The fourth-order valence-electron chi connectivity index (χ4n) is 2.03. The van der Waals surface area contributed by atoms with Crippen LogP contribution >= 0.6 is 0 Å². The van der Waals surface area contributed by atoms with Gasteiger partial charge in [-0.05, 0) is 25.3 Å². The first-order valence-corrected chi connectivity index (χ1v) is 6.75. The molecule has 1 aromatic heterocycles. The molecule has 1 amide bonds. The van der Waals surface area contributed by atoms with Gasteiger partial charge in [0.25, 0.3) is 0 Å². The molecule has 6 heteroatoms. The van der Waals surface area contributed by atoms with Gasteiger partial charge in [0.15, 0.2) is 0 Å². The standard InChI is InChI=1S/C15H23N3O3/c1-9-11(10(2)18(6)17-9)7-8-12(19)16-13(14(20)21)15(3,4)5/h7-8,13H,1-6H3,(H,16,19)(H,20,21)/b8-7+/t13-/m1/s1. The van der Waals surface area contributed by atoms with Gasteiger partial charge in [-0.3, -0.25) is 9.48 Å². The highest BCUT2D eigenvalue weighted by atomic mass is 16.4. The van der Waals surface area contributed by atoms with E-state index in [2.05, 4.69) is 10.4 Å². The molecule has 6 nitrogen and oxygen atoms in total. The summed E-state index contributed by atoms with van der Waals surface area (Å²) in [5.41, 5.74) is 2.08. The fraction of sp³-hybridized carbons (Fsp3) is 0.533. The van der Waals surface area contributed by atoms with Gasteiger partial charge < -0.3 is 10.4 Å². The Hall–Kier alpha value is -2.11. The number of hydrogen-bond acceptors (Lipinski definition) is 3. The van der Waals surface area contributed by atoms with Gasteiger partial charge in [-0.15, -0.1) is 0 Å². The first-order chi connectivity index (χ1) is 9.54. The quantitative estimate of drug-likeness (QED) is 0.827. The van der Waals surface area contributed by atoms with Crippen LogP contribution in [0.4, 0.5) is 0 Å². The third-order valence-electron chi connectivity index (χ3n) is 3.37. The number of nitrogens with zero attached hydrogens (tertiary/aromatic N) is 2. The SMILES string of the molecule is Cc1nn(C)c(C)c1/C=C/C(=O)N[C@H](C(=O)O)C(C)(C)C. The van der Waals surface area contributed by atoms with Crippen molar-refractivity contribution in [2.45, 2.75) is 40.7 Å². The lowest BCUT2D eigenvalue weighted by atomic mass is 9.87. The highest BCUT2D eigenvalue weighted by molar-refractivity contribution is 5.94. The van der Waals surface area contributed by atoms with E-state index in [4.69, 9.17) is 0 Å². The van der Waals surface area contributed by atoms with E-state index >= 15 is 0 Å². The fourth-order valence-corrected chi connectivity index (χ4v) is 2.03. The predicted octanol–water partition coefficient (Wildman–Crippen LogP) is 1.67. The number of aliphatic carboxylic acids is 1. The number of nitrogens with one attached hydrogen (secondary N) is 1. The summed E-state index contributed by atoms with van der Waals surface area (Å²) in [6.07, 6.45) is 3.01. The van der Waals surface area contributed by atoms with E-state index in [-0.39, 0.29) is 0 Å². The van der Waals surface area contributed by atoms with Gasteiger partial charge >= 0.3 is 5.97 Å². The van der Waals surface area contributed by atoms with E-state index in [1.165, 1.54) is 6.08 Å². The number of carboxylic acid groups (broad SMARTS) is 1. The van der Waals surface area contributed by atoms with Crippen molar-refractivity contribution >= 4 is 18.0 Å². The molecule has 0 radical (unpaired) electrons. The summed E-state index contributed by atoms with van der Waals surface area (Å²) in [4.78, 5) is 23.1. The Morgan fingerprint density at radius 1 is 1.33 bits per heavy atom. The molecule has 1 aromatic rings. The maximum atomic E-state index is 11.9. The van der Waals surface area contributed by atoms with E-state index in [1.807, 2.05) is 20.9 Å². The maximum Gasteiger partial charge on any atom is 0.326 e. The van der Waals surface area contributed by atoms with E-state index < -0.39 is 23.3 Å². The number of rotatable bonds is 4. The molecule has 116 valence electrons. The van der Waals surface area contributed by atoms with Gasteiger partial charge in [0, 0.05) is 24.4 Å². The summed E-state index contributed by atoms with van der Waals surface area (Å²) < 4.78 is 1.74. The molecule has 0 unspecified atom stereocenters. The van der Waals surface area contributed by atoms with E-state index in [0.717, 1.165) is 17.0 Å². The van der Waals surface area contributed by atoms with E-state index in [1.54, 1.807) is 31.5 Å². The smallest absolute Gasteiger partial charge is 0.326 e. The predicted molar refractivity (Wildman–Crippen MR) is 80.7 cm³/mol. The summed E-state index contributed by atoms with van der Waals surface area (Å²) in [5, 5.41) is 16.0. The zero-order chi connectivity index (χ0) is 16.4. The molecular weight excluding hydrogens is 270 g/mol. The number of amides is 1. The zero-order valence-corrected chi connectivity index (χ0v) is 13.4. The van der Waals surface area contributed by atoms with Gasteiger partial charge in [-0.2, -0.15) is 5.10 Å². The van der Waals surface area contributed by atoms with Crippen LogP contribution in [-0.2, 0) is 16.6 Å². The van der Waals surface area contributed by atoms with Crippen molar-refractivity contribution < 1.29 is 14.7 Å². The van der Waals surface area contributed by atoms with Crippen LogP contribution in [0.2, 0.25) is 0 Å². The zero-order valence-electron chi connectivity index (χ0n) is 13.4. The van der Waals surface area contributed by atoms with Crippen molar-refractivity contribution in [3.63, 3.8) is 0 Å². The molecule has 0 saturated carbocycles. The van der Waals surface area contributed by atoms with Gasteiger partial charge in [0.1, 0.15) is 6.04 Å². The second-order valence-corrected chi connectivity index (χ2v) is 6.19. The molecular formula is C15H23N3O3. The van der Waals surface area contributed by atoms with Gasteiger partial charge in [0.05, 0.1) is 5.69 Å². The monoisotopic (exact) mass is 293 g/mol. The largest absolute Gasteiger partial charge is 0.480 e. The van der Waals surface area contributed by atoms with Crippen LogP contribution < -0.4 is 5.32 Å². The number of carboxylic acids is 1. The molecule has 1 heterocycles. The average Bonchev–Trinajstić information content (AvgIpc) is 2.56. The molecule has 0 aliphatic carbocycles. The molecule has 2 N–H and O–H groups in total. The minimum atomic E-state index is -1.04. The topological polar surface area (TPSA) is 84.2 Å². The molecule has 1 atom stereocenters. The Morgan fingerprint density at radius 3 is 2.29 bits per heavy atom. The Labute approximate surface area is 124 Å². The van der Waals surface area contributed by atoms with Crippen molar-refractivity contribution in [1.29, 1.82) is 0 Å². The summed E-state index contributed by atoms with van der Waals surface area (Å²) in [7, 11) is 1.83. The van der Waals surface area contributed by atoms with Crippen LogP contribution in [0.1, 0.15) is 37.7 Å². The lowest BCUT2D eigenvalue weighted by Gasteiger charge is -2.27. The molecule has 1 rings (SSSR count). The first kappa shape index (κ1) is 16.9. The molecule has 21 heavy (non-hydrogen) atoms. The molecule has 0 bridgehead atoms. The average molecular weight is 293 g/mol. The number of hydrogen-bond donors (Lipinski definition) is 2. The van der Waals surface area contributed by atoms with Crippen LogP contribution in [-0.4, -0.2) is 32.8 Å². The van der Waals surface area contributed by atoms with Gasteiger partial charge in [-0.25, -0.2) is 4.79 Å². The van der Waals surface area contributed by atoms with Crippen molar-refractivity contribution in [1.82, 2.24) is 15.1 Å². The van der Waals surface area contributed by atoms with E-state index in [9.17, 15) is 14.7 Å². The number of carbonyl (C=O) groups is 2. The van der Waals surface area contributed by atoms with Crippen LogP contribution in [0.3, 0.4) is 0 Å². The van der Waals surface area contributed by atoms with Crippen molar-refractivity contribution in [3.05, 3.63) is 23.0 Å². The van der Waals surface area contributed by atoms with Crippen LogP contribution in [0.15, 0.2) is 6.08 Å². The minimum Gasteiger partial charge on any atom is -0.480 e. The first-order valence-electron chi connectivity index (χ1n) is 6.75. The maximum absolute atomic E-state index is 11.9. The van der Waals surface area contributed by atoms with Crippen LogP contribution in [0.5, 0.6) is 0 Å². The lowest BCUT2D eigenvalue weighted by molar-refractivity contribution is -0.144. The highest BCUT2D eigenvalue weighted by Gasteiger charge is 2.32.